The zero-order valence-corrected chi connectivity index (χ0v) is 50.0. The van der Waals surface area contributed by atoms with Crippen LogP contribution in [-0.2, 0) is 40.3 Å². The molecule has 1 aliphatic heterocycles. The lowest BCUT2D eigenvalue weighted by molar-refractivity contribution is 0.0682. The molecule has 21 nitrogen and oxygen atoms in total. The van der Waals surface area contributed by atoms with Crippen LogP contribution in [0.4, 0.5) is 28.4 Å². The highest BCUT2D eigenvalue weighted by molar-refractivity contribution is 7.93. The molecule has 1 aliphatic carbocycles. The largest absolute Gasteiger partial charge is 0.506 e. The van der Waals surface area contributed by atoms with E-state index in [2.05, 4.69) is 14.8 Å². The summed E-state index contributed by atoms with van der Waals surface area (Å²) >= 11 is 0. The van der Waals surface area contributed by atoms with E-state index in [-0.39, 0.29) is 82.3 Å². The minimum atomic E-state index is -5.21. The van der Waals surface area contributed by atoms with Crippen LogP contribution in [0.5, 0.6) is 11.5 Å². The lowest BCUT2D eigenvalue weighted by atomic mass is 9.93. The Labute approximate surface area is 492 Å². The Bertz CT molecular complexity index is 5140. The lowest BCUT2D eigenvalue weighted by Crippen LogP contribution is -2.18. The van der Waals surface area contributed by atoms with Crippen LogP contribution in [0.15, 0.2) is 144 Å². The van der Waals surface area contributed by atoms with Crippen molar-refractivity contribution in [3.8, 4) is 33.9 Å². The summed E-state index contributed by atoms with van der Waals surface area (Å²) in [5.74, 6) is -4.41. The Morgan fingerprint density at radius 3 is 1.35 bits per heavy atom. The molecule has 1 heterocycles. The van der Waals surface area contributed by atoms with Crippen LogP contribution in [0.3, 0.4) is 0 Å². The van der Waals surface area contributed by atoms with Gasteiger partial charge in [-0.15, -0.1) is 0 Å². The third kappa shape index (κ3) is 10.3. The van der Waals surface area contributed by atoms with Gasteiger partial charge in [-0.2, -0.15) is 16.8 Å². The number of phenols is 2. The second-order valence-electron chi connectivity index (χ2n) is 20.6. The van der Waals surface area contributed by atoms with Crippen molar-refractivity contribution in [3.05, 3.63) is 176 Å². The van der Waals surface area contributed by atoms with Crippen molar-refractivity contribution in [2.24, 2.45) is 4.99 Å². The van der Waals surface area contributed by atoms with E-state index in [0.717, 1.165) is 24.3 Å². The number of nitrogens with one attached hydrogen (secondary N) is 3. The predicted molar refractivity (Wildman–Crippen MR) is 324 cm³/mol. The van der Waals surface area contributed by atoms with E-state index in [0.29, 0.717) is 55.9 Å². The zero-order valence-electron chi connectivity index (χ0n) is 46.7. The van der Waals surface area contributed by atoms with Gasteiger partial charge in [-0.3, -0.25) is 18.5 Å². The highest BCUT2D eigenvalue weighted by Gasteiger charge is 2.31. The number of rotatable bonds is 14. The van der Waals surface area contributed by atoms with Crippen LogP contribution in [0.1, 0.15) is 65.2 Å². The Morgan fingerprint density at radius 2 is 0.884 bits per heavy atom. The molecule has 442 valence electrons. The number of aromatic hydroxyl groups is 2. The van der Waals surface area contributed by atoms with Gasteiger partial charge in [0.2, 0.25) is 0 Å². The Hall–Kier alpha value is -9.37. The summed E-state index contributed by atoms with van der Waals surface area (Å²) in [5, 5.41) is 44.6. The van der Waals surface area contributed by atoms with Crippen molar-refractivity contribution in [2.45, 2.75) is 75.0 Å². The maximum atomic E-state index is 14.3. The van der Waals surface area contributed by atoms with Gasteiger partial charge in [0.1, 0.15) is 43.8 Å². The molecule has 8 aromatic rings. The first kappa shape index (κ1) is 59.8. The van der Waals surface area contributed by atoms with Crippen LogP contribution in [0.25, 0.3) is 55.0 Å². The van der Waals surface area contributed by atoms with Crippen molar-refractivity contribution in [1.82, 2.24) is 0 Å². The fourth-order valence-electron chi connectivity index (χ4n) is 10.8. The first-order valence-corrected chi connectivity index (χ1v) is 31.7. The number of benzene rings is 9. The fraction of sp³-hybridized carbons (Fsp3) is 0.131. The standard InChI is InChI=1S/C61H52N4O17S4/c1-28-32(5)56(64-83(72,73)50-25-44(60(68)69)58(66)39-17-11-9-15-37(39)50)33(6)29(2)54(28)62-36-21-22-41-47(23-36)82-48-27-46(52(86(79,80)81)24-43(48)53(41)42-19-13-14-20-49(42)85(76,77)78)63-55-30(3)34(7)57(35(8)31(55)4)65-84(74,75)51-26-45(61(70)71)59(67)40-18-12-10-16-38(40)51/h9-27,62,64-67H,1-8H3,(H,68,69)(H,70,71)(H,76,77,78)(H,79,80,81)/b63-46+. The SMILES string of the molecule is Cc1c(C)c(NS(=O)(=O)c2cc(C(=O)O)c(O)c3ccccc23)c(C)c(C)c1/N=c1\cc2oc3cc(Nc4c(C)c(C)c(NS(=O)(=O)c5cc(C(=O)O)c(O)c6ccccc56)c(C)c4C)ccc3c(-c3ccccc3S(=O)(=O)O)c-2cc1S(=O)(=O)O. The van der Waals surface area contributed by atoms with E-state index in [1.54, 1.807) is 79.7 Å². The van der Waals surface area contributed by atoms with Crippen molar-refractivity contribution >= 4 is 113 Å². The number of anilines is 4. The zero-order chi connectivity index (χ0) is 62.6. The summed E-state index contributed by atoms with van der Waals surface area (Å²) < 4.78 is 144. The number of carboxylic acid groups (broad SMARTS) is 2. The number of nitrogens with zero attached hydrogens (tertiary/aromatic N) is 1. The summed E-state index contributed by atoms with van der Waals surface area (Å²) in [6.45, 7) is 13.2. The molecular weight excluding hydrogens is 1190 g/mol. The second-order valence-corrected chi connectivity index (χ2v) is 26.7. The number of fused-ring (bicyclic) bond motifs is 4. The van der Waals surface area contributed by atoms with Gasteiger partial charge in [-0.25, -0.2) is 31.4 Å². The third-order valence-electron chi connectivity index (χ3n) is 15.7. The highest BCUT2D eigenvalue weighted by Crippen LogP contribution is 2.46. The summed E-state index contributed by atoms with van der Waals surface area (Å²) in [5.41, 5.74) is 3.55. The van der Waals surface area contributed by atoms with Crippen molar-refractivity contribution in [2.75, 3.05) is 14.8 Å². The number of aromatic carboxylic acids is 2. The number of sulfonamides is 2. The molecule has 0 atom stereocenters. The van der Waals surface area contributed by atoms with Gasteiger partial charge in [0.05, 0.1) is 32.2 Å². The molecule has 0 unspecified atom stereocenters. The fourth-order valence-corrected chi connectivity index (χ4v) is 15.0. The first-order chi connectivity index (χ1) is 40.2. The first-order valence-electron chi connectivity index (χ1n) is 25.9. The van der Waals surface area contributed by atoms with Crippen molar-refractivity contribution in [3.63, 3.8) is 0 Å². The molecule has 86 heavy (non-hydrogen) atoms. The predicted octanol–water partition coefficient (Wildman–Crippen LogP) is 11.9. The van der Waals surface area contributed by atoms with Gasteiger partial charge in [-0.05, 0) is 136 Å². The van der Waals surface area contributed by atoms with Gasteiger partial charge in [0.25, 0.3) is 40.3 Å². The average molecular weight is 1240 g/mol. The smallest absolute Gasteiger partial charge is 0.339 e. The van der Waals surface area contributed by atoms with E-state index in [9.17, 15) is 72.8 Å². The molecule has 0 spiro atoms. The maximum absolute atomic E-state index is 14.3. The Morgan fingerprint density at radius 1 is 0.453 bits per heavy atom. The summed E-state index contributed by atoms with van der Waals surface area (Å²) in [6.07, 6.45) is 0. The van der Waals surface area contributed by atoms with Gasteiger partial charge in [0, 0.05) is 67.1 Å². The highest BCUT2D eigenvalue weighted by atomic mass is 32.2. The van der Waals surface area contributed by atoms with Crippen LogP contribution in [0.2, 0.25) is 0 Å². The summed E-state index contributed by atoms with van der Waals surface area (Å²) in [6, 6.07) is 26.0. The molecule has 9 N–H and O–H groups in total. The van der Waals surface area contributed by atoms with Crippen molar-refractivity contribution < 1.29 is 77.2 Å². The quantitative estimate of drug-likeness (QED) is 0.0361. The van der Waals surface area contributed by atoms with E-state index in [1.165, 1.54) is 66.7 Å². The van der Waals surface area contributed by atoms with Crippen LogP contribution < -0.4 is 20.1 Å². The molecule has 8 aromatic carbocycles. The number of hydrogen-bond donors (Lipinski definition) is 9. The topological polar surface area (TPSA) is 354 Å². The molecule has 0 fully saturated rings. The number of carbonyl (C=O) groups is 2. The molecule has 0 saturated heterocycles. The second kappa shape index (κ2) is 21.3. The maximum Gasteiger partial charge on any atom is 0.339 e. The average Bonchev–Trinajstić information content (AvgIpc) is 0.786. The van der Waals surface area contributed by atoms with Crippen LogP contribution in [0, 0.1) is 55.4 Å². The molecule has 2 aliphatic rings. The summed E-state index contributed by atoms with van der Waals surface area (Å²) in [7, 11) is -19.3. The van der Waals surface area contributed by atoms with E-state index in [4.69, 9.17) is 9.41 Å². The van der Waals surface area contributed by atoms with Gasteiger partial charge in [-0.1, -0.05) is 66.7 Å². The molecule has 25 heteroatoms. The Kier molecular flexibility index (Phi) is 14.8. The van der Waals surface area contributed by atoms with Crippen molar-refractivity contribution in [1.29, 1.82) is 0 Å². The van der Waals surface area contributed by atoms with Gasteiger partial charge in [0.15, 0.2) is 0 Å². The van der Waals surface area contributed by atoms with Gasteiger partial charge >= 0.3 is 11.9 Å². The third-order valence-corrected chi connectivity index (χ3v) is 20.3. The molecule has 0 bridgehead atoms. The Balaban J connectivity index is 1.12. The molecule has 0 aromatic heterocycles. The summed E-state index contributed by atoms with van der Waals surface area (Å²) in [4.78, 5) is 27.0. The molecule has 0 radical (unpaired) electrons. The lowest BCUT2D eigenvalue weighted by Gasteiger charge is -2.23. The molecule has 0 amide bonds. The van der Waals surface area contributed by atoms with Crippen LogP contribution in [-0.4, -0.2) is 75.1 Å². The van der Waals surface area contributed by atoms with E-state index in [1.807, 2.05) is 0 Å². The number of carboxylic acids is 2. The van der Waals surface area contributed by atoms with Gasteiger partial charge < -0.3 is 30.2 Å². The van der Waals surface area contributed by atoms with E-state index >= 15 is 0 Å². The normalized spacial score (nSPS) is 12.6. The molecular formula is C61H52N4O17S4. The minimum absolute atomic E-state index is 0.0189. The molecule has 0 saturated carbocycles. The minimum Gasteiger partial charge on any atom is -0.506 e. The monoisotopic (exact) mass is 1240 g/mol. The number of hydrogen-bond acceptors (Lipinski definition) is 15. The van der Waals surface area contributed by atoms with E-state index < -0.39 is 89.5 Å². The van der Waals surface area contributed by atoms with Crippen LogP contribution >= 0.6 is 0 Å². The molecule has 10 rings (SSSR count).